The number of rotatable bonds is 5. The van der Waals surface area contributed by atoms with Crippen molar-refractivity contribution in [2.45, 2.75) is 26.6 Å². The Morgan fingerprint density at radius 2 is 1.81 bits per heavy atom. The van der Waals surface area contributed by atoms with Crippen LogP contribution >= 0.6 is 0 Å². The van der Waals surface area contributed by atoms with Gasteiger partial charge in [-0.25, -0.2) is 4.79 Å². The maximum absolute atomic E-state index is 11.9. The Hall–Kier alpha value is -2.13. The van der Waals surface area contributed by atoms with Crippen LogP contribution in [0.3, 0.4) is 0 Å². The fraction of sp³-hybridized carbons (Fsp3) is 0.278. The van der Waals surface area contributed by atoms with Crippen molar-refractivity contribution in [2.75, 3.05) is 7.11 Å². The number of carbonyl (C=O) groups excluding carboxylic acids is 1. The molecule has 0 N–H and O–H groups in total. The van der Waals surface area contributed by atoms with Gasteiger partial charge >= 0.3 is 5.97 Å². The number of carbonyl (C=O) groups is 1. The summed E-state index contributed by atoms with van der Waals surface area (Å²) in [6, 6.07) is 15.6. The van der Waals surface area contributed by atoms with Crippen LogP contribution in [0.4, 0.5) is 0 Å². The van der Waals surface area contributed by atoms with Gasteiger partial charge in [-0.3, -0.25) is 0 Å². The standard InChI is InChI=1S/C18H20O3/c1-13-9-10-16(14(2)11-13)12-21-17(18(19)20-3)15-7-5-4-6-8-15/h4-11,17H,12H2,1-3H3. The predicted molar refractivity (Wildman–Crippen MR) is 81.9 cm³/mol. The first kappa shape index (κ1) is 15.3. The molecular weight excluding hydrogens is 264 g/mol. The Balaban J connectivity index is 2.15. The number of benzene rings is 2. The zero-order chi connectivity index (χ0) is 15.2. The zero-order valence-electron chi connectivity index (χ0n) is 12.6. The summed E-state index contributed by atoms with van der Waals surface area (Å²) in [5.41, 5.74) is 4.25. The van der Waals surface area contributed by atoms with Gasteiger partial charge in [-0.15, -0.1) is 0 Å². The summed E-state index contributed by atoms with van der Waals surface area (Å²) in [6.07, 6.45) is -0.697. The van der Waals surface area contributed by atoms with Crippen molar-refractivity contribution in [2.24, 2.45) is 0 Å². The highest BCUT2D eigenvalue weighted by Crippen LogP contribution is 2.22. The second-order valence-corrected chi connectivity index (χ2v) is 5.05. The van der Waals surface area contributed by atoms with Gasteiger partial charge in [0, 0.05) is 0 Å². The van der Waals surface area contributed by atoms with Crippen LogP contribution in [0.1, 0.15) is 28.4 Å². The molecule has 0 radical (unpaired) electrons. The van der Waals surface area contributed by atoms with E-state index in [1.807, 2.05) is 49.4 Å². The SMILES string of the molecule is COC(=O)C(OCc1ccc(C)cc1C)c1ccccc1. The van der Waals surface area contributed by atoms with E-state index in [4.69, 9.17) is 9.47 Å². The van der Waals surface area contributed by atoms with Crippen LogP contribution in [0.5, 0.6) is 0 Å². The van der Waals surface area contributed by atoms with Crippen LogP contribution < -0.4 is 0 Å². The Morgan fingerprint density at radius 3 is 2.43 bits per heavy atom. The zero-order valence-corrected chi connectivity index (χ0v) is 12.6. The lowest BCUT2D eigenvalue weighted by atomic mass is 10.1. The summed E-state index contributed by atoms with van der Waals surface area (Å²) in [7, 11) is 1.37. The van der Waals surface area contributed by atoms with Gasteiger partial charge in [0.1, 0.15) is 0 Å². The molecule has 2 rings (SSSR count). The fourth-order valence-electron chi connectivity index (χ4n) is 2.22. The highest BCUT2D eigenvalue weighted by atomic mass is 16.6. The average molecular weight is 284 g/mol. The molecule has 0 aliphatic heterocycles. The Kier molecular flexibility index (Phi) is 5.12. The molecule has 3 heteroatoms. The van der Waals surface area contributed by atoms with E-state index in [1.54, 1.807) is 0 Å². The smallest absolute Gasteiger partial charge is 0.339 e. The highest BCUT2D eigenvalue weighted by Gasteiger charge is 2.22. The summed E-state index contributed by atoms with van der Waals surface area (Å²) in [4.78, 5) is 11.9. The van der Waals surface area contributed by atoms with Crippen molar-refractivity contribution in [3.8, 4) is 0 Å². The van der Waals surface area contributed by atoms with Crippen LogP contribution in [0.25, 0.3) is 0 Å². The molecule has 0 saturated carbocycles. The van der Waals surface area contributed by atoms with Gasteiger partial charge in [0.25, 0.3) is 0 Å². The summed E-state index contributed by atoms with van der Waals surface area (Å²) in [5, 5.41) is 0. The minimum Gasteiger partial charge on any atom is -0.467 e. The van der Waals surface area contributed by atoms with Crippen LogP contribution in [0, 0.1) is 13.8 Å². The number of esters is 1. The molecule has 0 saturated heterocycles. The Morgan fingerprint density at radius 1 is 1.10 bits per heavy atom. The third kappa shape index (κ3) is 3.92. The number of methoxy groups -OCH3 is 1. The Labute approximate surface area is 125 Å². The van der Waals surface area contributed by atoms with E-state index in [0.717, 1.165) is 16.7 Å². The van der Waals surface area contributed by atoms with Gasteiger partial charge in [0.05, 0.1) is 13.7 Å². The van der Waals surface area contributed by atoms with E-state index < -0.39 is 6.10 Å². The first-order valence-corrected chi connectivity index (χ1v) is 6.92. The van der Waals surface area contributed by atoms with E-state index in [9.17, 15) is 4.79 Å². The van der Waals surface area contributed by atoms with E-state index in [-0.39, 0.29) is 5.97 Å². The highest BCUT2D eigenvalue weighted by molar-refractivity contribution is 5.76. The van der Waals surface area contributed by atoms with Crippen LogP contribution in [-0.2, 0) is 20.9 Å². The largest absolute Gasteiger partial charge is 0.467 e. The van der Waals surface area contributed by atoms with Crippen molar-refractivity contribution < 1.29 is 14.3 Å². The molecule has 2 aromatic carbocycles. The maximum atomic E-state index is 11.9. The molecule has 0 fully saturated rings. The summed E-state index contributed by atoms with van der Waals surface area (Å²) in [5.74, 6) is -0.383. The second kappa shape index (κ2) is 7.04. The first-order chi connectivity index (χ1) is 10.1. The van der Waals surface area contributed by atoms with E-state index in [2.05, 4.69) is 13.0 Å². The normalized spacial score (nSPS) is 12.0. The molecule has 1 atom stereocenters. The van der Waals surface area contributed by atoms with Gasteiger partial charge in [-0.05, 0) is 30.5 Å². The molecular formula is C18H20O3. The van der Waals surface area contributed by atoms with Gasteiger partial charge in [-0.2, -0.15) is 0 Å². The molecule has 2 aromatic rings. The topological polar surface area (TPSA) is 35.5 Å². The van der Waals surface area contributed by atoms with Crippen LogP contribution in [0.2, 0.25) is 0 Å². The quantitative estimate of drug-likeness (QED) is 0.785. The molecule has 0 amide bonds. The first-order valence-electron chi connectivity index (χ1n) is 6.92. The van der Waals surface area contributed by atoms with Crippen LogP contribution in [0.15, 0.2) is 48.5 Å². The van der Waals surface area contributed by atoms with E-state index in [0.29, 0.717) is 6.61 Å². The van der Waals surface area contributed by atoms with Crippen molar-refractivity contribution in [3.05, 3.63) is 70.8 Å². The second-order valence-electron chi connectivity index (χ2n) is 5.05. The number of hydrogen-bond acceptors (Lipinski definition) is 3. The van der Waals surface area contributed by atoms with Crippen molar-refractivity contribution in [1.29, 1.82) is 0 Å². The van der Waals surface area contributed by atoms with Crippen molar-refractivity contribution in [1.82, 2.24) is 0 Å². The van der Waals surface area contributed by atoms with Gasteiger partial charge in [-0.1, -0.05) is 54.1 Å². The Bertz CT molecular complexity index is 605. The minimum absolute atomic E-state index is 0.376. The lowest BCUT2D eigenvalue weighted by Crippen LogP contribution is -2.17. The molecule has 0 bridgehead atoms. The lowest BCUT2D eigenvalue weighted by Gasteiger charge is -2.17. The third-order valence-corrected chi connectivity index (χ3v) is 3.42. The number of aryl methyl sites for hydroxylation is 2. The minimum atomic E-state index is -0.697. The predicted octanol–water partition coefficient (Wildman–Crippen LogP) is 3.73. The third-order valence-electron chi connectivity index (χ3n) is 3.42. The molecule has 21 heavy (non-hydrogen) atoms. The van der Waals surface area contributed by atoms with E-state index >= 15 is 0 Å². The lowest BCUT2D eigenvalue weighted by molar-refractivity contribution is -0.155. The van der Waals surface area contributed by atoms with E-state index in [1.165, 1.54) is 12.7 Å². The monoisotopic (exact) mass is 284 g/mol. The molecule has 0 heterocycles. The van der Waals surface area contributed by atoms with Gasteiger partial charge in [0.2, 0.25) is 0 Å². The molecule has 110 valence electrons. The number of ether oxygens (including phenoxy) is 2. The number of hydrogen-bond donors (Lipinski definition) is 0. The summed E-state index contributed by atoms with van der Waals surface area (Å²) in [6.45, 7) is 4.47. The van der Waals surface area contributed by atoms with Crippen molar-refractivity contribution >= 4 is 5.97 Å². The molecule has 0 aromatic heterocycles. The summed E-state index contributed by atoms with van der Waals surface area (Å²) >= 11 is 0. The summed E-state index contributed by atoms with van der Waals surface area (Å²) < 4.78 is 10.7. The van der Waals surface area contributed by atoms with Gasteiger partial charge < -0.3 is 9.47 Å². The fourth-order valence-corrected chi connectivity index (χ4v) is 2.22. The van der Waals surface area contributed by atoms with Crippen molar-refractivity contribution in [3.63, 3.8) is 0 Å². The molecule has 3 nitrogen and oxygen atoms in total. The maximum Gasteiger partial charge on any atom is 0.339 e. The molecule has 0 aliphatic rings. The average Bonchev–Trinajstić information content (AvgIpc) is 2.50. The molecule has 0 spiro atoms. The molecule has 0 aliphatic carbocycles. The van der Waals surface area contributed by atoms with Gasteiger partial charge in [0.15, 0.2) is 6.10 Å². The van der Waals surface area contributed by atoms with Crippen LogP contribution in [-0.4, -0.2) is 13.1 Å². The molecule has 1 unspecified atom stereocenters.